The van der Waals surface area contributed by atoms with Crippen LogP contribution in [0.3, 0.4) is 0 Å². The smallest absolute Gasteiger partial charge is 0.263 e. The SMILES string of the molecule is C=CS(=O)(=O)NC1CCN(C(=O)[C@@H](C)Oc2ccc(C)cc2Cl)CC1. The van der Waals surface area contributed by atoms with Crippen molar-refractivity contribution in [3.63, 3.8) is 0 Å². The van der Waals surface area contributed by atoms with Crippen molar-refractivity contribution in [2.75, 3.05) is 13.1 Å². The fourth-order valence-electron chi connectivity index (χ4n) is 2.70. The van der Waals surface area contributed by atoms with Crippen molar-refractivity contribution in [1.29, 1.82) is 0 Å². The summed E-state index contributed by atoms with van der Waals surface area (Å²) in [6.45, 7) is 7.83. The van der Waals surface area contributed by atoms with Crippen molar-refractivity contribution in [2.45, 2.75) is 38.8 Å². The first kappa shape index (κ1) is 19.8. The predicted molar refractivity (Wildman–Crippen MR) is 98.1 cm³/mol. The van der Waals surface area contributed by atoms with Crippen LogP contribution < -0.4 is 9.46 Å². The number of nitrogens with one attached hydrogen (secondary N) is 1. The maximum atomic E-state index is 12.5. The summed E-state index contributed by atoms with van der Waals surface area (Å²) >= 11 is 6.14. The molecule has 1 N–H and O–H groups in total. The summed E-state index contributed by atoms with van der Waals surface area (Å²) in [6, 6.07) is 5.22. The third-order valence-electron chi connectivity index (χ3n) is 4.10. The van der Waals surface area contributed by atoms with Gasteiger partial charge in [0.2, 0.25) is 10.0 Å². The second-order valence-corrected chi connectivity index (χ2v) is 8.19. The van der Waals surface area contributed by atoms with Crippen LogP contribution in [0.2, 0.25) is 5.02 Å². The number of piperidine rings is 1. The highest BCUT2D eigenvalue weighted by Crippen LogP contribution is 2.26. The molecule has 1 fully saturated rings. The lowest BCUT2D eigenvalue weighted by molar-refractivity contribution is -0.139. The van der Waals surface area contributed by atoms with Crippen LogP contribution in [0.4, 0.5) is 0 Å². The van der Waals surface area contributed by atoms with E-state index in [1.807, 2.05) is 13.0 Å². The Morgan fingerprint density at radius 3 is 2.64 bits per heavy atom. The third-order valence-corrected chi connectivity index (χ3v) is 5.49. The molecule has 8 heteroatoms. The Kier molecular flexibility index (Phi) is 6.48. The Balaban J connectivity index is 1.90. The molecule has 1 saturated heterocycles. The largest absolute Gasteiger partial charge is 0.479 e. The lowest BCUT2D eigenvalue weighted by atomic mass is 10.1. The summed E-state index contributed by atoms with van der Waals surface area (Å²) < 4.78 is 31.3. The number of benzene rings is 1. The molecule has 1 aliphatic heterocycles. The molecule has 0 radical (unpaired) electrons. The molecule has 0 saturated carbocycles. The van der Waals surface area contributed by atoms with Crippen LogP contribution in [-0.4, -0.2) is 44.5 Å². The fourth-order valence-corrected chi connectivity index (χ4v) is 3.77. The Morgan fingerprint density at radius 2 is 2.08 bits per heavy atom. The number of amides is 1. The number of aryl methyl sites for hydroxylation is 1. The van der Waals surface area contributed by atoms with Crippen molar-refractivity contribution < 1.29 is 17.9 Å². The second kappa shape index (κ2) is 8.21. The zero-order chi connectivity index (χ0) is 18.6. The molecule has 25 heavy (non-hydrogen) atoms. The van der Waals surface area contributed by atoms with E-state index in [-0.39, 0.29) is 11.9 Å². The van der Waals surface area contributed by atoms with E-state index in [2.05, 4.69) is 11.3 Å². The lowest BCUT2D eigenvalue weighted by Crippen LogP contribution is -2.49. The molecule has 0 spiro atoms. The number of ether oxygens (including phenoxy) is 1. The first-order chi connectivity index (χ1) is 11.7. The average molecular weight is 387 g/mol. The third kappa shape index (κ3) is 5.45. The molecular formula is C17H23ClN2O4S. The normalized spacial score (nSPS) is 17.2. The van der Waals surface area contributed by atoms with Crippen molar-refractivity contribution in [3.8, 4) is 5.75 Å². The van der Waals surface area contributed by atoms with Gasteiger partial charge in [-0.15, -0.1) is 0 Å². The minimum Gasteiger partial charge on any atom is -0.479 e. The van der Waals surface area contributed by atoms with Crippen LogP contribution in [0.25, 0.3) is 0 Å². The molecule has 1 aliphatic rings. The topological polar surface area (TPSA) is 75.7 Å². The van der Waals surface area contributed by atoms with E-state index >= 15 is 0 Å². The van der Waals surface area contributed by atoms with Crippen LogP contribution in [0, 0.1) is 6.92 Å². The minimum absolute atomic E-state index is 0.137. The number of carbonyl (C=O) groups is 1. The highest BCUT2D eigenvalue weighted by atomic mass is 35.5. The van der Waals surface area contributed by atoms with Gasteiger partial charge in [-0.2, -0.15) is 0 Å². The first-order valence-corrected chi connectivity index (χ1v) is 10.0. The summed E-state index contributed by atoms with van der Waals surface area (Å²) in [7, 11) is -3.45. The van der Waals surface area contributed by atoms with Gasteiger partial charge in [-0.3, -0.25) is 4.79 Å². The minimum atomic E-state index is -3.45. The van der Waals surface area contributed by atoms with Gasteiger partial charge in [0.25, 0.3) is 5.91 Å². The number of rotatable bonds is 6. The number of hydrogen-bond acceptors (Lipinski definition) is 4. The summed E-state index contributed by atoms with van der Waals surface area (Å²) in [5.74, 6) is 0.336. The number of hydrogen-bond donors (Lipinski definition) is 1. The van der Waals surface area contributed by atoms with E-state index < -0.39 is 16.1 Å². The van der Waals surface area contributed by atoms with E-state index in [9.17, 15) is 13.2 Å². The Hall–Kier alpha value is -1.57. The van der Waals surface area contributed by atoms with Gasteiger partial charge in [0.05, 0.1) is 5.02 Å². The molecule has 0 aromatic heterocycles. The van der Waals surface area contributed by atoms with Crippen molar-refractivity contribution >= 4 is 27.5 Å². The van der Waals surface area contributed by atoms with E-state index in [1.54, 1.807) is 24.0 Å². The zero-order valence-corrected chi connectivity index (χ0v) is 15.9. The Bertz CT molecular complexity index is 743. The highest BCUT2D eigenvalue weighted by molar-refractivity contribution is 7.92. The van der Waals surface area contributed by atoms with Crippen LogP contribution in [0.15, 0.2) is 30.2 Å². The van der Waals surface area contributed by atoms with Gasteiger partial charge in [0.1, 0.15) is 5.75 Å². The van der Waals surface area contributed by atoms with E-state index in [0.29, 0.717) is 36.7 Å². The van der Waals surface area contributed by atoms with Crippen molar-refractivity contribution in [3.05, 3.63) is 40.8 Å². The number of carbonyl (C=O) groups excluding carboxylic acids is 1. The van der Waals surface area contributed by atoms with Gasteiger partial charge in [-0.25, -0.2) is 13.1 Å². The molecule has 1 amide bonds. The lowest BCUT2D eigenvalue weighted by Gasteiger charge is -2.33. The molecular weight excluding hydrogens is 364 g/mol. The van der Waals surface area contributed by atoms with Crippen LogP contribution in [-0.2, 0) is 14.8 Å². The van der Waals surface area contributed by atoms with Gasteiger partial charge >= 0.3 is 0 Å². The summed E-state index contributed by atoms with van der Waals surface area (Å²) in [5.41, 5.74) is 1.01. The van der Waals surface area contributed by atoms with Gasteiger partial charge < -0.3 is 9.64 Å². The fraction of sp³-hybridized carbons (Fsp3) is 0.471. The van der Waals surface area contributed by atoms with Gasteiger partial charge in [-0.1, -0.05) is 24.2 Å². The average Bonchev–Trinajstić information content (AvgIpc) is 2.57. The van der Waals surface area contributed by atoms with Crippen molar-refractivity contribution in [2.24, 2.45) is 0 Å². The van der Waals surface area contributed by atoms with Crippen LogP contribution in [0.1, 0.15) is 25.3 Å². The standard InChI is InChI=1S/C17H23ClN2O4S/c1-4-25(22,23)19-14-7-9-20(10-8-14)17(21)13(3)24-16-6-5-12(2)11-15(16)18/h4-6,11,13-14,19H,1,7-10H2,2-3H3/t13-/m1/s1. The monoisotopic (exact) mass is 386 g/mol. The number of likely N-dealkylation sites (tertiary alicyclic amines) is 1. The first-order valence-electron chi connectivity index (χ1n) is 8.08. The molecule has 138 valence electrons. The van der Waals surface area contributed by atoms with E-state index in [1.165, 1.54) is 0 Å². The molecule has 1 heterocycles. The predicted octanol–water partition coefficient (Wildman–Crippen LogP) is 2.47. The highest BCUT2D eigenvalue weighted by Gasteiger charge is 2.28. The molecule has 6 nitrogen and oxygen atoms in total. The molecule has 1 aromatic carbocycles. The van der Waals surface area contributed by atoms with Gasteiger partial charge in [0, 0.05) is 24.5 Å². The second-order valence-electron chi connectivity index (χ2n) is 6.12. The van der Waals surface area contributed by atoms with Crippen LogP contribution in [0.5, 0.6) is 5.75 Å². The number of nitrogens with zero attached hydrogens (tertiary/aromatic N) is 1. The van der Waals surface area contributed by atoms with Gasteiger partial charge in [-0.05, 0) is 44.4 Å². The summed E-state index contributed by atoms with van der Waals surface area (Å²) in [6.07, 6.45) is 0.440. The van der Waals surface area contributed by atoms with E-state index in [0.717, 1.165) is 11.0 Å². The summed E-state index contributed by atoms with van der Waals surface area (Å²) in [5, 5.41) is 1.36. The Labute approximate surface area is 153 Å². The molecule has 1 aromatic rings. The quantitative estimate of drug-likeness (QED) is 0.814. The van der Waals surface area contributed by atoms with Crippen molar-refractivity contribution in [1.82, 2.24) is 9.62 Å². The summed E-state index contributed by atoms with van der Waals surface area (Å²) in [4.78, 5) is 14.2. The zero-order valence-electron chi connectivity index (χ0n) is 14.4. The number of sulfonamides is 1. The maximum Gasteiger partial charge on any atom is 0.263 e. The molecule has 0 aliphatic carbocycles. The molecule has 0 bridgehead atoms. The van der Waals surface area contributed by atoms with E-state index in [4.69, 9.17) is 16.3 Å². The molecule has 1 atom stereocenters. The Morgan fingerprint density at radius 1 is 1.44 bits per heavy atom. The number of halogens is 1. The molecule has 0 unspecified atom stereocenters. The van der Waals surface area contributed by atoms with Crippen LogP contribution >= 0.6 is 11.6 Å². The maximum absolute atomic E-state index is 12.5. The molecule has 2 rings (SSSR count). The van der Waals surface area contributed by atoms with Gasteiger partial charge in [0.15, 0.2) is 6.10 Å².